The zero-order valence-electron chi connectivity index (χ0n) is 13.8. The Kier molecular flexibility index (Phi) is 6.26. The lowest BCUT2D eigenvalue weighted by Gasteiger charge is -2.20. The highest BCUT2D eigenvalue weighted by Crippen LogP contribution is 2.17. The van der Waals surface area contributed by atoms with Crippen LogP contribution in [-0.2, 0) is 20.7 Å². The number of rotatable bonds is 7. The van der Waals surface area contributed by atoms with Gasteiger partial charge in [-0.15, -0.1) is 0 Å². The Hall–Kier alpha value is -3.17. The Morgan fingerprint density at radius 2 is 1.80 bits per heavy atom. The third kappa shape index (κ3) is 4.66. The van der Waals surface area contributed by atoms with Crippen molar-refractivity contribution in [2.45, 2.75) is 18.6 Å². The van der Waals surface area contributed by atoms with E-state index in [1.165, 1.54) is 7.11 Å². The summed E-state index contributed by atoms with van der Waals surface area (Å²) in [6.45, 7) is 0. The molecule has 3 N–H and O–H groups in total. The van der Waals surface area contributed by atoms with Crippen molar-refractivity contribution in [3.05, 3.63) is 71.3 Å². The van der Waals surface area contributed by atoms with Gasteiger partial charge < -0.3 is 15.8 Å². The van der Waals surface area contributed by atoms with Crippen LogP contribution in [0.5, 0.6) is 0 Å². The molecule has 0 heterocycles. The average Bonchev–Trinajstić information content (AvgIpc) is 2.63. The quantitative estimate of drug-likeness (QED) is 0.798. The summed E-state index contributed by atoms with van der Waals surface area (Å²) in [7, 11) is 1.42. The van der Waals surface area contributed by atoms with E-state index in [0.29, 0.717) is 16.7 Å². The van der Waals surface area contributed by atoms with Crippen molar-refractivity contribution in [1.82, 2.24) is 5.32 Å². The first-order valence-corrected chi connectivity index (χ1v) is 7.72. The topological polar surface area (TPSA) is 105 Å². The number of carbonyl (C=O) groups is 2. The van der Waals surface area contributed by atoms with Crippen molar-refractivity contribution in [2.75, 3.05) is 7.11 Å². The predicted octanol–water partition coefficient (Wildman–Crippen LogP) is 1.46. The maximum absolute atomic E-state index is 12.5. The summed E-state index contributed by atoms with van der Waals surface area (Å²) in [6, 6.07) is 16.9. The number of nitriles is 1. The molecule has 0 spiro atoms. The monoisotopic (exact) mass is 337 g/mol. The molecule has 0 aliphatic carbocycles. The van der Waals surface area contributed by atoms with E-state index < -0.39 is 24.0 Å². The van der Waals surface area contributed by atoms with Crippen LogP contribution in [0.2, 0.25) is 0 Å². The molecule has 25 heavy (non-hydrogen) atoms. The summed E-state index contributed by atoms with van der Waals surface area (Å²) in [6.07, 6.45) is -0.718. The van der Waals surface area contributed by atoms with Gasteiger partial charge in [-0.1, -0.05) is 48.5 Å². The van der Waals surface area contributed by atoms with Crippen LogP contribution in [0.4, 0.5) is 0 Å². The van der Waals surface area contributed by atoms with Gasteiger partial charge in [0.25, 0.3) is 5.91 Å². The maximum atomic E-state index is 12.5. The van der Waals surface area contributed by atoms with Crippen LogP contribution in [0.25, 0.3) is 0 Å². The minimum atomic E-state index is -0.941. The molecule has 0 saturated heterocycles. The lowest BCUT2D eigenvalue weighted by molar-refractivity contribution is -0.134. The van der Waals surface area contributed by atoms with E-state index in [2.05, 4.69) is 11.4 Å². The lowest BCUT2D eigenvalue weighted by atomic mass is 10.00. The number of nitrogens with one attached hydrogen (secondary N) is 1. The van der Waals surface area contributed by atoms with Crippen molar-refractivity contribution in [3.8, 4) is 6.07 Å². The molecule has 0 unspecified atom stereocenters. The zero-order valence-corrected chi connectivity index (χ0v) is 13.8. The molecular weight excluding hydrogens is 318 g/mol. The fourth-order valence-corrected chi connectivity index (χ4v) is 2.52. The molecule has 2 rings (SSSR count). The third-order valence-electron chi connectivity index (χ3n) is 3.80. The van der Waals surface area contributed by atoms with Crippen LogP contribution in [0, 0.1) is 11.3 Å². The summed E-state index contributed by atoms with van der Waals surface area (Å²) in [5.41, 5.74) is 7.18. The van der Waals surface area contributed by atoms with E-state index in [-0.39, 0.29) is 6.42 Å². The summed E-state index contributed by atoms with van der Waals surface area (Å²) in [5, 5.41) is 11.8. The van der Waals surface area contributed by atoms with Gasteiger partial charge in [0, 0.05) is 13.5 Å². The fourth-order valence-electron chi connectivity index (χ4n) is 2.52. The predicted molar refractivity (Wildman–Crippen MR) is 92.2 cm³/mol. The second kappa shape index (κ2) is 8.62. The number of methoxy groups -OCH3 is 1. The molecular formula is C19H19N3O3. The van der Waals surface area contributed by atoms with Gasteiger partial charge in [-0.25, -0.2) is 0 Å². The minimum absolute atomic E-state index is 0.135. The highest BCUT2D eigenvalue weighted by Gasteiger charge is 2.26. The Morgan fingerprint density at radius 3 is 2.40 bits per heavy atom. The Bertz CT molecular complexity index is 784. The smallest absolute Gasteiger partial charge is 0.254 e. The van der Waals surface area contributed by atoms with Crippen LogP contribution in [0.1, 0.15) is 22.8 Å². The number of primary amides is 1. The maximum Gasteiger partial charge on any atom is 0.254 e. The second-order valence-electron chi connectivity index (χ2n) is 5.46. The molecule has 0 aromatic heterocycles. The number of benzene rings is 2. The number of amides is 2. The molecule has 128 valence electrons. The summed E-state index contributed by atoms with van der Waals surface area (Å²) >= 11 is 0. The first-order valence-electron chi connectivity index (χ1n) is 7.72. The van der Waals surface area contributed by atoms with E-state index >= 15 is 0 Å². The van der Waals surface area contributed by atoms with Crippen LogP contribution in [0.3, 0.4) is 0 Å². The molecule has 0 fully saturated rings. The number of carbonyl (C=O) groups excluding carboxylic acids is 2. The van der Waals surface area contributed by atoms with Crippen molar-refractivity contribution in [1.29, 1.82) is 5.26 Å². The average molecular weight is 337 g/mol. The van der Waals surface area contributed by atoms with Gasteiger partial charge in [0.1, 0.15) is 6.04 Å². The number of nitrogens with two attached hydrogens (primary N) is 1. The highest BCUT2D eigenvalue weighted by atomic mass is 16.5. The number of hydrogen-bond acceptors (Lipinski definition) is 4. The molecule has 2 aromatic rings. The van der Waals surface area contributed by atoms with Crippen LogP contribution < -0.4 is 11.1 Å². The molecule has 0 saturated carbocycles. The van der Waals surface area contributed by atoms with Crippen LogP contribution in [-0.4, -0.2) is 25.0 Å². The van der Waals surface area contributed by atoms with Gasteiger partial charge in [-0.3, -0.25) is 9.59 Å². The van der Waals surface area contributed by atoms with E-state index in [0.717, 1.165) is 0 Å². The van der Waals surface area contributed by atoms with Crippen molar-refractivity contribution in [2.24, 2.45) is 5.73 Å². The molecule has 6 nitrogen and oxygen atoms in total. The largest absolute Gasteiger partial charge is 0.368 e. The molecule has 2 amide bonds. The second-order valence-corrected chi connectivity index (χ2v) is 5.46. The molecule has 2 atom stereocenters. The lowest BCUT2D eigenvalue weighted by Crippen LogP contribution is -2.47. The van der Waals surface area contributed by atoms with Gasteiger partial charge in [0.05, 0.1) is 11.6 Å². The zero-order chi connectivity index (χ0) is 18.2. The van der Waals surface area contributed by atoms with Gasteiger partial charge in [0.15, 0.2) is 6.10 Å². The van der Waals surface area contributed by atoms with Crippen molar-refractivity contribution < 1.29 is 14.3 Å². The molecule has 0 aliphatic rings. The first kappa shape index (κ1) is 18.2. The molecule has 6 heteroatoms. The van der Waals surface area contributed by atoms with Gasteiger partial charge in [-0.2, -0.15) is 5.26 Å². The van der Waals surface area contributed by atoms with Gasteiger partial charge >= 0.3 is 0 Å². The van der Waals surface area contributed by atoms with E-state index in [4.69, 9.17) is 15.7 Å². The summed E-state index contributed by atoms with van der Waals surface area (Å²) < 4.78 is 5.26. The minimum Gasteiger partial charge on any atom is -0.368 e. The third-order valence-corrected chi connectivity index (χ3v) is 3.80. The molecule has 0 radical (unpaired) electrons. The van der Waals surface area contributed by atoms with E-state index in [1.54, 1.807) is 48.5 Å². The molecule has 0 bridgehead atoms. The Labute approximate surface area is 146 Å². The molecule has 2 aromatic carbocycles. The van der Waals surface area contributed by atoms with Gasteiger partial charge in [0.2, 0.25) is 5.91 Å². The summed E-state index contributed by atoms with van der Waals surface area (Å²) in [4.78, 5) is 24.3. The Morgan fingerprint density at radius 1 is 1.16 bits per heavy atom. The van der Waals surface area contributed by atoms with Gasteiger partial charge in [-0.05, 0) is 17.2 Å². The number of ether oxygens (including phenoxy) is 1. The van der Waals surface area contributed by atoms with Crippen molar-refractivity contribution >= 4 is 11.8 Å². The van der Waals surface area contributed by atoms with Crippen molar-refractivity contribution in [3.63, 3.8) is 0 Å². The SMILES string of the molecule is CO[C@H](C(=O)N[C@@H](Cc1ccccc1C#N)C(N)=O)c1ccccc1. The van der Waals surface area contributed by atoms with E-state index in [1.807, 2.05) is 6.07 Å². The highest BCUT2D eigenvalue weighted by molar-refractivity contribution is 5.89. The number of hydrogen-bond donors (Lipinski definition) is 2. The van der Waals surface area contributed by atoms with Crippen LogP contribution >= 0.6 is 0 Å². The standard InChI is InChI=1S/C19H19N3O3/c1-25-17(13-7-3-2-4-8-13)19(24)22-16(18(21)23)11-14-9-5-6-10-15(14)12-20/h2-10,16-17H,11H2,1H3,(H2,21,23)(H,22,24)/t16-,17-/m0/s1. The van der Waals surface area contributed by atoms with Crippen LogP contribution in [0.15, 0.2) is 54.6 Å². The fraction of sp³-hybridized carbons (Fsp3) is 0.211. The summed E-state index contributed by atoms with van der Waals surface area (Å²) in [5.74, 6) is -1.14. The molecule has 0 aliphatic heterocycles. The number of nitrogens with zero attached hydrogens (tertiary/aromatic N) is 1. The normalized spacial score (nSPS) is 12.6. The van der Waals surface area contributed by atoms with E-state index in [9.17, 15) is 9.59 Å². The Balaban J connectivity index is 2.17. The first-order chi connectivity index (χ1) is 12.1.